The lowest BCUT2D eigenvalue weighted by atomic mass is 10.3. The van der Waals surface area contributed by atoms with Gasteiger partial charge < -0.3 is 11.1 Å². The molecule has 0 aliphatic heterocycles. The van der Waals surface area contributed by atoms with Crippen LogP contribution >= 0.6 is 15.9 Å². The Morgan fingerprint density at radius 2 is 2.06 bits per heavy atom. The minimum absolute atomic E-state index is 0.311. The molecule has 0 saturated heterocycles. The maximum Gasteiger partial charge on any atom is 0.149 e. The number of nitrogens with zero attached hydrogens (tertiary/aromatic N) is 2. The lowest BCUT2D eigenvalue weighted by molar-refractivity contribution is 0.621. The predicted molar refractivity (Wildman–Crippen MR) is 63.8 cm³/mol. The van der Waals surface area contributed by atoms with Crippen LogP contribution in [-0.4, -0.2) is 9.97 Å². The smallest absolute Gasteiger partial charge is 0.149 e. The number of hydrogen-bond donors (Lipinski definition) is 2. The third-order valence-electron chi connectivity index (χ3n) is 1.86. The van der Waals surface area contributed by atoms with Crippen molar-refractivity contribution in [1.29, 1.82) is 0 Å². The molecule has 0 fully saturated rings. The fourth-order valence-corrected chi connectivity index (χ4v) is 1.50. The zero-order chi connectivity index (χ0) is 11.5. The van der Waals surface area contributed by atoms with Crippen molar-refractivity contribution >= 4 is 33.3 Å². The van der Waals surface area contributed by atoms with E-state index in [2.05, 4.69) is 31.2 Å². The standard InChI is InChI=1S/C10H8BrFN4/c11-7-3-6(1-2-8(7)12)16-10-5-14-9(13)4-15-10/h1-5H,(H2,13,14)(H,15,16). The fraction of sp³-hybridized carbons (Fsp3) is 0. The predicted octanol–water partition coefficient (Wildman–Crippen LogP) is 2.70. The van der Waals surface area contributed by atoms with Crippen LogP contribution < -0.4 is 11.1 Å². The molecule has 1 aromatic carbocycles. The van der Waals surface area contributed by atoms with E-state index in [9.17, 15) is 4.39 Å². The molecule has 0 saturated carbocycles. The van der Waals surface area contributed by atoms with Crippen molar-refractivity contribution in [1.82, 2.24) is 9.97 Å². The fourth-order valence-electron chi connectivity index (χ4n) is 1.12. The zero-order valence-corrected chi connectivity index (χ0v) is 9.70. The van der Waals surface area contributed by atoms with Crippen molar-refractivity contribution in [3.05, 3.63) is 40.9 Å². The molecule has 82 valence electrons. The van der Waals surface area contributed by atoms with Gasteiger partial charge in [-0.1, -0.05) is 0 Å². The highest BCUT2D eigenvalue weighted by molar-refractivity contribution is 9.10. The SMILES string of the molecule is Nc1cnc(Nc2ccc(F)c(Br)c2)cn1. The van der Waals surface area contributed by atoms with E-state index in [-0.39, 0.29) is 5.82 Å². The van der Waals surface area contributed by atoms with Crippen LogP contribution in [0.25, 0.3) is 0 Å². The highest BCUT2D eigenvalue weighted by Crippen LogP contribution is 2.22. The summed E-state index contributed by atoms with van der Waals surface area (Å²) < 4.78 is 13.4. The first-order valence-electron chi connectivity index (χ1n) is 4.45. The second-order valence-electron chi connectivity index (χ2n) is 3.08. The number of rotatable bonds is 2. The lowest BCUT2D eigenvalue weighted by Crippen LogP contribution is -1.97. The number of benzene rings is 1. The number of nitrogens with one attached hydrogen (secondary N) is 1. The average molecular weight is 283 g/mol. The summed E-state index contributed by atoms with van der Waals surface area (Å²) in [6.07, 6.45) is 2.95. The first-order chi connectivity index (χ1) is 7.65. The Kier molecular flexibility index (Phi) is 3.00. The Bertz CT molecular complexity index is 501. The molecule has 6 heteroatoms. The van der Waals surface area contributed by atoms with Crippen molar-refractivity contribution in [3.8, 4) is 0 Å². The Morgan fingerprint density at radius 3 is 2.69 bits per heavy atom. The summed E-state index contributed by atoms with van der Waals surface area (Å²) in [5.41, 5.74) is 6.12. The molecule has 2 aromatic rings. The summed E-state index contributed by atoms with van der Waals surface area (Å²) >= 11 is 3.10. The molecule has 16 heavy (non-hydrogen) atoms. The number of anilines is 3. The van der Waals surface area contributed by atoms with E-state index in [0.717, 1.165) is 0 Å². The van der Waals surface area contributed by atoms with Crippen LogP contribution in [0.15, 0.2) is 35.1 Å². The summed E-state index contributed by atoms with van der Waals surface area (Å²) in [5, 5.41) is 2.97. The van der Waals surface area contributed by atoms with Gasteiger partial charge in [0.05, 0.1) is 16.9 Å². The maximum atomic E-state index is 13.0. The van der Waals surface area contributed by atoms with Crippen molar-refractivity contribution in [2.45, 2.75) is 0 Å². The summed E-state index contributed by atoms with van der Waals surface area (Å²) in [4.78, 5) is 7.90. The molecule has 0 atom stereocenters. The van der Waals surface area contributed by atoms with Gasteiger partial charge in [-0.2, -0.15) is 0 Å². The molecule has 1 aromatic heterocycles. The molecular formula is C10H8BrFN4. The van der Waals surface area contributed by atoms with E-state index >= 15 is 0 Å². The minimum Gasteiger partial charge on any atom is -0.382 e. The van der Waals surface area contributed by atoms with Gasteiger partial charge in [0.15, 0.2) is 0 Å². The van der Waals surface area contributed by atoms with Crippen LogP contribution in [0.3, 0.4) is 0 Å². The Labute approximate surface area is 99.9 Å². The second-order valence-corrected chi connectivity index (χ2v) is 3.93. The third-order valence-corrected chi connectivity index (χ3v) is 2.47. The van der Waals surface area contributed by atoms with Gasteiger partial charge in [-0.15, -0.1) is 0 Å². The van der Waals surface area contributed by atoms with E-state index in [4.69, 9.17) is 5.73 Å². The van der Waals surface area contributed by atoms with Gasteiger partial charge in [-0.05, 0) is 34.1 Å². The van der Waals surface area contributed by atoms with Crippen LogP contribution in [0, 0.1) is 5.82 Å². The van der Waals surface area contributed by atoms with E-state index in [1.165, 1.54) is 18.5 Å². The average Bonchev–Trinajstić information content (AvgIpc) is 2.27. The number of nitrogen functional groups attached to an aromatic ring is 1. The topological polar surface area (TPSA) is 63.8 Å². The van der Waals surface area contributed by atoms with Crippen LogP contribution in [0.4, 0.5) is 21.7 Å². The van der Waals surface area contributed by atoms with Gasteiger partial charge in [0.1, 0.15) is 17.5 Å². The van der Waals surface area contributed by atoms with Crippen LogP contribution in [0.5, 0.6) is 0 Å². The van der Waals surface area contributed by atoms with Gasteiger partial charge in [-0.25, -0.2) is 14.4 Å². The Morgan fingerprint density at radius 1 is 1.25 bits per heavy atom. The summed E-state index contributed by atoms with van der Waals surface area (Å²) in [6.45, 7) is 0. The lowest BCUT2D eigenvalue weighted by Gasteiger charge is -2.05. The van der Waals surface area contributed by atoms with Crippen LogP contribution in [-0.2, 0) is 0 Å². The quantitative estimate of drug-likeness (QED) is 0.889. The third kappa shape index (κ3) is 2.46. The van der Waals surface area contributed by atoms with Gasteiger partial charge in [-0.3, -0.25) is 0 Å². The molecule has 0 aliphatic carbocycles. The molecule has 0 radical (unpaired) electrons. The van der Waals surface area contributed by atoms with E-state index in [0.29, 0.717) is 21.8 Å². The molecule has 4 nitrogen and oxygen atoms in total. The Hall–Kier alpha value is -1.69. The molecule has 0 aliphatic rings. The molecular weight excluding hydrogens is 275 g/mol. The zero-order valence-electron chi connectivity index (χ0n) is 8.11. The number of hydrogen-bond acceptors (Lipinski definition) is 4. The molecule has 0 spiro atoms. The highest BCUT2D eigenvalue weighted by atomic mass is 79.9. The second kappa shape index (κ2) is 4.44. The molecule has 0 bridgehead atoms. The van der Waals surface area contributed by atoms with Gasteiger partial charge in [0.2, 0.25) is 0 Å². The molecule has 0 unspecified atom stereocenters. The maximum absolute atomic E-state index is 13.0. The number of halogens is 2. The molecule has 3 N–H and O–H groups in total. The number of nitrogens with two attached hydrogens (primary N) is 1. The van der Waals surface area contributed by atoms with Crippen LogP contribution in [0.2, 0.25) is 0 Å². The van der Waals surface area contributed by atoms with Crippen molar-refractivity contribution in [2.75, 3.05) is 11.1 Å². The largest absolute Gasteiger partial charge is 0.382 e. The van der Waals surface area contributed by atoms with Gasteiger partial charge >= 0.3 is 0 Å². The normalized spacial score (nSPS) is 10.1. The van der Waals surface area contributed by atoms with Crippen LogP contribution in [0.1, 0.15) is 0 Å². The summed E-state index contributed by atoms with van der Waals surface area (Å²) in [5.74, 6) is 0.590. The van der Waals surface area contributed by atoms with Gasteiger partial charge in [0, 0.05) is 5.69 Å². The highest BCUT2D eigenvalue weighted by Gasteiger charge is 2.01. The summed E-state index contributed by atoms with van der Waals surface area (Å²) in [7, 11) is 0. The summed E-state index contributed by atoms with van der Waals surface area (Å²) in [6, 6.07) is 4.59. The molecule has 2 rings (SSSR count). The molecule has 0 amide bonds. The monoisotopic (exact) mass is 282 g/mol. The van der Waals surface area contributed by atoms with Crippen molar-refractivity contribution in [2.24, 2.45) is 0 Å². The van der Waals surface area contributed by atoms with E-state index in [1.54, 1.807) is 12.1 Å². The van der Waals surface area contributed by atoms with E-state index in [1.807, 2.05) is 0 Å². The van der Waals surface area contributed by atoms with E-state index < -0.39 is 0 Å². The van der Waals surface area contributed by atoms with Crippen molar-refractivity contribution < 1.29 is 4.39 Å². The van der Waals surface area contributed by atoms with Crippen molar-refractivity contribution in [3.63, 3.8) is 0 Å². The minimum atomic E-state index is -0.311. The molecule has 1 heterocycles. The number of aromatic nitrogens is 2. The first kappa shape index (κ1) is 10.8. The first-order valence-corrected chi connectivity index (χ1v) is 5.24. The van der Waals surface area contributed by atoms with Gasteiger partial charge in [0.25, 0.3) is 0 Å². The Balaban J connectivity index is 2.20.